The minimum absolute atomic E-state index is 0.0140. The molecule has 1 fully saturated rings. The van der Waals surface area contributed by atoms with Crippen LogP contribution in [0, 0.1) is 11.8 Å². The number of hydrogen-bond acceptors (Lipinski definition) is 2. The van der Waals surface area contributed by atoms with E-state index in [9.17, 15) is 9.59 Å². The van der Waals surface area contributed by atoms with Crippen LogP contribution in [0.3, 0.4) is 0 Å². The second kappa shape index (κ2) is 5.89. The Morgan fingerprint density at radius 2 is 1.82 bits per heavy atom. The topological polar surface area (TPSA) is 75.4 Å². The molecule has 0 aromatic carbocycles. The maximum absolute atomic E-state index is 11.9. The van der Waals surface area contributed by atoms with Crippen molar-refractivity contribution >= 4 is 11.9 Å². The first kappa shape index (κ1) is 13.8. The first-order chi connectivity index (χ1) is 7.91. The van der Waals surface area contributed by atoms with Gasteiger partial charge in [0, 0.05) is 13.1 Å². The number of nitrogens with zero attached hydrogens (tertiary/aromatic N) is 1. The molecular weight excluding hydrogens is 218 g/mol. The number of urea groups is 1. The molecule has 0 aliphatic carbocycles. The highest BCUT2D eigenvalue weighted by molar-refractivity contribution is 5.86. The van der Waals surface area contributed by atoms with Crippen molar-refractivity contribution in [2.24, 2.45) is 17.6 Å². The lowest BCUT2D eigenvalue weighted by molar-refractivity contribution is -0.120. The molecule has 0 aromatic rings. The normalized spacial score (nSPS) is 19.2. The van der Waals surface area contributed by atoms with Crippen molar-refractivity contribution in [2.75, 3.05) is 13.1 Å². The van der Waals surface area contributed by atoms with E-state index >= 15 is 0 Å². The molecule has 0 saturated carbocycles. The van der Waals surface area contributed by atoms with Gasteiger partial charge in [-0.25, -0.2) is 4.79 Å². The lowest BCUT2D eigenvalue weighted by atomic mass is 9.99. The largest absolute Gasteiger partial charge is 0.368 e. The fourth-order valence-corrected chi connectivity index (χ4v) is 2.00. The Labute approximate surface area is 103 Å². The van der Waals surface area contributed by atoms with Crippen LogP contribution >= 0.6 is 0 Å². The van der Waals surface area contributed by atoms with Crippen LogP contribution < -0.4 is 11.1 Å². The number of nitrogens with one attached hydrogen (secondary N) is 1. The summed E-state index contributed by atoms with van der Waals surface area (Å²) in [5.41, 5.74) is 5.27. The zero-order valence-electron chi connectivity index (χ0n) is 10.9. The summed E-state index contributed by atoms with van der Waals surface area (Å²) in [5.74, 6) is 0.218. The SMILES string of the molecule is CC1CCN(C(=O)NC(C(N)=O)C(C)C)CC1. The summed E-state index contributed by atoms with van der Waals surface area (Å²) in [7, 11) is 0. The van der Waals surface area contributed by atoms with Gasteiger partial charge < -0.3 is 16.0 Å². The van der Waals surface area contributed by atoms with Crippen molar-refractivity contribution in [3.05, 3.63) is 0 Å². The number of hydrogen-bond donors (Lipinski definition) is 2. The molecule has 1 aliphatic rings. The Morgan fingerprint density at radius 1 is 1.29 bits per heavy atom. The maximum Gasteiger partial charge on any atom is 0.318 e. The van der Waals surface area contributed by atoms with Gasteiger partial charge in [0.2, 0.25) is 5.91 Å². The third-order valence-electron chi connectivity index (χ3n) is 3.32. The number of carbonyl (C=O) groups is 2. The quantitative estimate of drug-likeness (QED) is 0.771. The fraction of sp³-hybridized carbons (Fsp3) is 0.833. The van der Waals surface area contributed by atoms with Gasteiger partial charge in [0.15, 0.2) is 0 Å². The van der Waals surface area contributed by atoms with Gasteiger partial charge in [0.25, 0.3) is 0 Å². The van der Waals surface area contributed by atoms with Crippen LogP contribution in [-0.4, -0.2) is 36.0 Å². The summed E-state index contributed by atoms with van der Waals surface area (Å²) in [6, 6.07) is -0.753. The summed E-state index contributed by atoms with van der Waals surface area (Å²) in [4.78, 5) is 24.9. The fourth-order valence-electron chi connectivity index (χ4n) is 2.00. The van der Waals surface area contributed by atoms with Gasteiger partial charge in [0.05, 0.1) is 0 Å². The van der Waals surface area contributed by atoms with E-state index in [-0.39, 0.29) is 11.9 Å². The summed E-state index contributed by atoms with van der Waals surface area (Å²) < 4.78 is 0. The van der Waals surface area contributed by atoms with Crippen molar-refractivity contribution in [3.8, 4) is 0 Å². The summed E-state index contributed by atoms with van der Waals surface area (Å²) in [5, 5.41) is 2.71. The molecule has 1 heterocycles. The molecule has 1 rings (SSSR count). The van der Waals surface area contributed by atoms with Crippen LogP contribution in [-0.2, 0) is 4.79 Å². The first-order valence-corrected chi connectivity index (χ1v) is 6.26. The molecule has 0 aromatic heterocycles. The zero-order valence-corrected chi connectivity index (χ0v) is 10.9. The van der Waals surface area contributed by atoms with E-state index in [0.29, 0.717) is 5.92 Å². The van der Waals surface area contributed by atoms with E-state index in [0.717, 1.165) is 25.9 Å². The highest BCUT2D eigenvalue weighted by atomic mass is 16.2. The number of carbonyl (C=O) groups excluding carboxylic acids is 2. The molecule has 0 radical (unpaired) electrons. The van der Waals surface area contributed by atoms with Crippen molar-refractivity contribution in [1.82, 2.24) is 10.2 Å². The number of primary amides is 1. The van der Waals surface area contributed by atoms with Crippen LogP contribution in [0.4, 0.5) is 4.79 Å². The van der Waals surface area contributed by atoms with Gasteiger partial charge in [-0.2, -0.15) is 0 Å². The van der Waals surface area contributed by atoms with Crippen LogP contribution in [0.1, 0.15) is 33.6 Å². The van der Waals surface area contributed by atoms with Gasteiger partial charge in [-0.3, -0.25) is 4.79 Å². The number of amides is 3. The lowest BCUT2D eigenvalue weighted by Crippen LogP contribution is -2.53. The Bertz CT molecular complexity index is 283. The van der Waals surface area contributed by atoms with E-state index in [1.165, 1.54) is 0 Å². The second-order valence-corrected chi connectivity index (χ2v) is 5.24. The molecule has 3 N–H and O–H groups in total. The standard InChI is InChI=1S/C12H23N3O2/c1-8(2)10(11(13)16)14-12(17)15-6-4-9(3)5-7-15/h8-10H,4-7H2,1-3H3,(H2,13,16)(H,14,17). The molecule has 1 unspecified atom stereocenters. The number of rotatable bonds is 3. The molecule has 17 heavy (non-hydrogen) atoms. The highest BCUT2D eigenvalue weighted by Crippen LogP contribution is 2.16. The number of piperidine rings is 1. The number of likely N-dealkylation sites (tertiary alicyclic amines) is 1. The first-order valence-electron chi connectivity index (χ1n) is 6.26. The molecule has 5 nitrogen and oxygen atoms in total. The van der Waals surface area contributed by atoms with Crippen LogP contribution in [0.2, 0.25) is 0 Å². The van der Waals surface area contributed by atoms with Crippen LogP contribution in [0.25, 0.3) is 0 Å². The Morgan fingerprint density at radius 3 is 2.24 bits per heavy atom. The molecule has 0 bridgehead atoms. The molecule has 5 heteroatoms. The highest BCUT2D eigenvalue weighted by Gasteiger charge is 2.26. The van der Waals surface area contributed by atoms with Crippen LogP contribution in [0.15, 0.2) is 0 Å². The molecule has 0 spiro atoms. The van der Waals surface area contributed by atoms with Crippen molar-refractivity contribution in [2.45, 2.75) is 39.7 Å². The third-order valence-corrected chi connectivity index (χ3v) is 3.32. The maximum atomic E-state index is 11.9. The Balaban J connectivity index is 2.50. The lowest BCUT2D eigenvalue weighted by Gasteiger charge is -2.32. The van der Waals surface area contributed by atoms with Crippen molar-refractivity contribution < 1.29 is 9.59 Å². The van der Waals surface area contributed by atoms with Crippen LogP contribution in [0.5, 0.6) is 0 Å². The molecule has 98 valence electrons. The van der Waals surface area contributed by atoms with Gasteiger partial charge in [-0.1, -0.05) is 20.8 Å². The van der Waals surface area contributed by atoms with E-state index in [1.54, 1.807) is 4.90 Å². The predicted octanol–water partition coefficient (Wildman–Crippen LogP) is 0.938. The molecule has 3 amide bonds. The monoisotopic (exact) mass is 241 g/mol. The smallest absolute Gasteiger partial charge is 0.318 e. The average Bonchev–Trinajstić information content (AvgIpc) is 2.25. The third kappa shape index (κ3) is 3.91. The minimum atomic E-state index is -0.582. The van der Waals surface area contributed by atoms with Gasteiger partial charge >= 0.3 is 6.03 Å². The molecule has 1 aliphatic heterocycles. The summed E-state index contributed by atoms with van der Waals surface area (Å²) >= 11 is 0. The van der Waals surface area contributed by atoms with E-state index in [2.05, 4.69) is 12.2 Å². The van der Waals surface area contributed by atoms with E-state index in [4.69, 9.17) is 5.73 Å². The summed E-state index contributed by atoms with van der Waals surface area (Å²) in [6.45, 7) is 7.45. The summed E-state index contributed by atoms with van der Waals surface area (Å²) in [6.07, 6.45) is 2.05. The van der Waals surface area contributed by atoms with Crippen molar-refractivity contribution in [3.63, 3.8) is 0 Å². The molecular formula is C12H23N3O2. The minimum Gasteiger partial charge on any atom is -0.368 e. The Hall–Kier alpha value is -1.26. The zero-order chi connectivity index (χ0) is 13.0. The average molecular weight is 241 g/mol. The van der Waals surface area contributed by atoms with E-state index in [1.807, 2.05) is 13.8 Å². The second-order valence-electron chi connectivity index (χ2n) is 5.24. The molecule has 1 atom stereocenters. The van der Waals surface area contributed by atoms with Gasteiger partial charge in [-0.15, -0.1) is 0 Å². The van der Waals surface area contributed by atoms with Gasteiger partial charge in [0.1, 0.15) is 6.04 Å². The number of nitrogens with two attached hydrogens (primary N) is 1. The van der Waals surface area contributed by atoms with Gasteiger partial charge in [-0.05, 0) is 24.7 Å². The predicted molar refractivity (Wildman–Crippen MR) is 66.3 cm³/mol. The van der Waals surface area contributed by atoms with E-state index < -0.39 is 11.9 Å². The Kier molecular flexibility index (Phi) is 4.78. The van der Waals surface area contributed by atoms with Crippen molar-refractivity contribution in [1.29, 1.82) is 0 Å². The molecule has 1 saturated heterocycles.